The van der Waals surface area contributed by atoms with Crippen LogP contribution in [0.5, 0.6) is 5.75 Å². The monoisotopic (exact) mass is 393 g/mol. The van der Waals surface area contributed by atoms with Gasteiger partial charge in [0.25, 0.3) is 11.8 Å². The fourth-order valence-corrected chi connectivity index (χ4v) is 2.64. The van der Waals surface area contributed by atoms with Gasteiger partial charge in [-0.15, -0.1) is 0 Å². The highest BCUT2D eigenvalue weighted by Crippen LogP contribution is 2.16. The molecule has 0 atom stereocenters. The molecular weight excluding hydrogens is 373 g/mol. The minimum Gasteiger partial charge on any atom is -0.497 e. The van der Waals surface area contributed by atoms with Crippen LogP contribution in [-0.2, 0) is 6.42 Å². The van der Waals surface area contributed by atoms with Crippen molar-refractivity contribution in [1.29, 1.82) is 0 Å². The number of carbonyl (C=O) groups excluding carboxylic acids is 2. The Morgan fingerprint density at radius 1 is 0.966 bits per heavy atom. The minimum atomic E-state index is -0.372. The second-order valence-electron chi connectivity index (χ2n) is 6.28. The number of hydrogen-bond donors (Lipinski definition) is 2. The van der Waals surface area contributed by atoms with Crippen LogP contribution in [0.25, 0.3) is 0 Å². The van der Waals surface area contributed by atoms with E-state index in [-0.39, 0.29) is 28.8 Å². The zero-order valence-electron chi connectivity index (χ0n) is 15.8. The molecular formula is C22H20FN3O3. The molecule has 3 rings (SSSR count). The van der Waals surface area contributed by atoms with Gasteiger partial charge < -0.3 is 15.4 Å². The Hall–Kier alpha value is -3.74. The summed E-state index contributed by atoms with van der Waals surface area (Å²) in [6.07, 6.45) is 3.36. The highest BCUT2D eigenvalue weighted by Gasteiger charge is 2.12. The third-order valence-corrected chi connectivity index (χ3v) is 4.22. The van der Waals surface area contributed by atoms with Crippen LogP contribution in [0.15, 0.2) is 67.0 Å². The molecule has 0 aliphatic carbocycles. The molecule has 0 spiro atoms. The number of rotatable bonds is 7. The lowest BCUT2D eigenvalue weighted by Crippen LogP contribution is -2.26. The highest BCUT2D eigenvalue weighted by atomic mass is 19.1. The number of methoxy groups -OCH3 is 1. The average molecular weight is 393 g/mol. The summed E-state index contributed by atoms with van der Waals surface area (Å²) in [5, 5.41) is 5.52. The first-order valence-electron chi connectivity index (χ1n) is 8.98. The molecule has 0 bridgehead atoms. The number of anilines is 1. The van der Waals surface area contributed by atoms with Crippen LogP contribution >= 0.6 is 0 Å². The fourth-order valence-electron chi connectivity index (χ4n) is 2.64. The van der Waals surface area contributed by atoms with E-state index in [0.29, 0.717) is 24.4 Å². The molecule has 2 amide bonds. The highest BCUT2D eigenvalue weighted by molar-refractivity contribution is 6.05. The molecule has 29 heavy (non-hydrogen) atoms. The number of carbonyl (C=O) groups is 2. The van der Waals surface area contributed by atoms with E-state index in [4.69, 9.17) is 4.74 Å². The van der Waals surface area contributed by atoms with Gasteiger partial charge in [0.2, 0.25) is 0 Å². The first kappa shape index (κ1) is 20.0. The Morgan fingerprint density at radius 3 is 2.28 bits per heavy atom. The topological polar surface area (TPSA) is 80.3 Å². The van der Waals surface area contributed by atoms with Crippen LogP contribution in [0, 0.1) is 5.82 Å². The normalized spacial score (nSPS) is 10.3. The standard InChI is InChI=1S/C22H20FN3O3/c1-29-20-8-6-19(7-9-20)26-22(28)17-12-16(13-24-14-17)21(27)25-11-10-15-2-4-18(23)5-3-15/h2-9,12-14H,10-11H2,1H3,(H,25,27)(H,26,28). The molecule has 0 unspecified atom stereocenters. The average Bonchev–Trinajstić information content (AvgIpc) is 2.75. The number of aromatic nitrogens is 1. The van der Waals surface area contributed by atoms with Crippen molar-refractivity contribution in [2.24, 2.45) is 0 Å². The van der Waals surface area contributed by atoms with E-state index < -0.39 is 0 Å². The van der Waals surface area contributed by atoms with Gasteiger partial charge in [0.15, 0.2) is 0 Å². The number of nitrogens with one attached hydrogen (secondary N) is 2. The summed E-state index contributed by atoms with van der Waals surface area (Å²) in [7, 11) is 1.56. The van der Waals surface area contributed by atoms with E-state index in [1.165, 1.54) is 30.6 Å². The quantitative estimate of drug-likeness (QED) is 0.644. The number of ether oxygens (including phenoxy) is 1. The van der Waals surface area contributed by atoms with Gasteiger partial charge in [-0.25, -0.2) is 4.39 Å². The molecule has 148 valence electrons. The Kier molecular flexibility index (Phi) is 6.52. The summed E-state index contributed by atoms with van der Waals surface area (Å²) >= 11 is 0. The smallest absolute Gasteiger partial charge is 0.257 e. The number of halogens is 1. The molecule has 0 aliphatic heterocycles. The fraction of sp³-hybridized carbons (Fsp3) is 0.136. The van der Waals surface area contributed by atoms with Gasteiger partial charge in [-0.3, -0.25) is 14.6 Å². The molecule has 3 aromatic rings. The van der Waals surface area contributed by atoms with Crippen LogP contribution in [0.4, 0.5) is 10.1 Å². The van der Waals surface area contributed by atoms with E-state index >= 15 is 0 Å². The summed E-state index contributed by atoms with van der Waals surface area (Å²) in [6.45, 7) is 0.382. The lowest BCUT2D eigenvalue weighted by atomic mass is 10.1. The Balaban J connectivity index is 1.57. The van der Waals surface area contributed by atoms with E-state index in [0.717, 1.165) is 5.56 Å². The van der Waals surface area contributed by atoms with Crippen LogP contribution in [-0.4, -0.2) is 30.5 Å². The maximum absolute atomic E-state index is 12.9. The second kappa shape index (κ2) is 9.45. The predicted molar refractivity (Wildman–Crippen MR) is 108 cm³/mol. The molecule has 0 radical (unpaired) electrons. The lowest BCUT2D eigenvalue weighted by Gasteiger charge is -2.08. The summed E-state index contributed by atoms with van der Waals surface area (Å²) < 4.78 is 18.0. The summed E-state index contributed by atoms with van der Waals surface area (Å²) in [4.78, 5) is 28.7. The minimum absolute atomic E-state index is 0.270. The predicted octanol–water partition coefficient (Wildman–Crippen LogP) is 3.45. The molecule has 0 saturated carbocycles. The first-order chi connectivity index (χ1) is 14.0. The van der Waals surface area contributed by atoms with Crippen molar-refractivity contribution in [3.8, 4) is 5.75 Å². The van der Waals surface area contributed by atoms with Crippen LogP contribution in [0.3, 0.4) is 0 Å². The lowest BCUT2D eigenvalue weighted by molar-refractivity contribution is 0.0953. The van der Waals surface area contributed by atoms with Gasteiger partial charge in [0.1, 0.15) is 11.6 Å². The van der Waals surface area contributed by atoms with Crippen molar-refractivity contribution in [3.05, 3.63) is 89.5 Å². The molecule has 1 heterocycles. The molecule has 0 saturated heterocycles. The SMILES string of the molecule is COc1ccc(NC(=O)c2cncc(C(=O)NCCc3ccc(F)cc3)c2)cc1. The molecule has 2 aromatic carbocycles. The van der Waals surface area contributed by atoms with Gasteiger partial charge in [0.05, 0.1) is 18.2 Å². The van der Waals surface area contributed by atoms with E-state index in [1.54, 1.807) is 43.5 Å². The zero-order chi connectivity index (χ0) is 20.6. The summed E-state index contributed by atoms with van der Waals surface area (Å²) in [6, 6.07) is 14.5. The van der Waals surface area contributed by atoms with Gasteiger partial charge in [-0.2, -0.15) is 0 Å². The first-order valence-corrected chi connectivity index (χ1v) is 8.98. The van der Waals surface area contributed by atoms with E-state index in [1.807, 2.05) is 0 Å². The van der Waals surface area contributed by atoms with E-state index in [2.05, 4.69) is 15.6 Å². The van der Waals surface area contributed by atoms with Crippen molar-refractivity contribution >= 4 is 17.5 Å². The zero-order valence-corrected chi connectivity index (χ0v) is 15.8. The van der Waals surface area contributed by atoms with Gasteiger partial charge >= 0.3 is 0 Å². The van der Waals surface area contributed by atoms with Gasteiger partial charge in [-0.05, 0) is 54.4 Å². The van der Waals surface area contributed by atoms with Gasteiger partial charge in [0, 0.05) is 24.6 Å². The van der Waals surface area contributed by atoms with Crippen molar-refractivity contribution in [2.45, 2.75) is 6.42 Å². The van der Waals surface area contributed by atoms with Gasteiger partial charge in [-0.1, -0.05) is 12.1 Å². The Bertz CT molecular complexity index is 989. The third kappa shape index (κ3) is 5.62. The summed E-state index contributed by atoms with van der Waals surface area (Å²) in [5.41, 5.74) is 2.07. The molecule has 2 N–H and O–H groups in total. The number of hydrogen-bond acceptors (Lipinski definition) is 4. The van der Waals surface area contributed by atoms with Crippen molar-refractivity contribution in [1.82, 2.24) is 10.3 Å². The van der Waals surface area contributed by atoms with Crippen LogP contribution in [0.2, 0.25) is 0 Å². The molecule has 6 nitrogen and oxygen atoms in total. The molecule has 1 aromatic heterocycles. The van der Waals surface area contributed by atoms with Crippen LogP contribution < -0.4 is 15.4 Å². The molecule has 0 aliphatic rings. The van der Waals surface area contributed by atoms with Crippen molar-refractivity contribution in [2.75, 3.05) is 19.0 Å². The number of pyridine rings is 1. The summed E-state index contributed by atoms with van der Waals surface area (Å²) in [5.74, 6) is -0.320. The maximum atomic E-state index is 12.9. The Labute approximate surface area is 167 Å². The number of nitrogens with zero attached hydrogens (tertiary/aromatic N) is 1. The Morgan fingerprint density at radius 2 is 1.62 bits per heavy atom. The van der Waals surface area contributed by atoms with E-state index in [9.17, 15) is 14.0 Å². The second-order valence-corrected chi connectivity index (χ2v) is 6.28. The molecule has 7 heteroatoms. The van der Waals surface area contributed by atoms with Crippen LogP contribution in [0.1, 0.15) is 26.3 Å². The maximum Gasteiger partial charge on any atom is 0.257 e. The molecule has 0 fully saturated rings. The number of benzene rings is 2. The van der Waals surface area contributed by atoms with Crippen molar-refractivity contribution in [3.63, 3.8) is 0 Å². The van der Waals surface area contributed by atoms with Crippen molar-refractivity contribution < 1.29 is 18.7 Å². The largest absolute Gasteiger partial charge is 0.497 e. The third-order valence-electron chi connectivity index (χ3n) is 4.22. The number of amides is 2.